The van der Waals surface area contributed by atoms with Crippen LogP contribution in [0.1, 0.15) is 30.9 Å². The van der Waals surface area contributed by atoms with Crippen LogP contribution in [0.25, 0.3) is 0 Å². The fourth-order valence-electron chi connectivity index (χ4n) is 3.00. The van der Waals surface area contributed by atoms with E-state index in [-0.39, 0.29) is 6.61 Å². The molecule has 0 amide bonds. The molecule has 2 rings (SSSR count). The quantitative estimate of drug-likeness (QED) is 0.232. The minimum absolute atomic E-state index is 0.244. The third-order valence-electron chi connectivity index (χ3n) is 4.47. The number of hydrogen-bond donors (Lipinski definition) is 0. The van der Waals surface area contributed by atoms with Gasteiger partial charge in [0.15, 0.2) is 0 Å². The van der Waals surface area contributed by atoms with Crippen molar-refractivity contribution in [2.75, 3.05) is 6.61 Å². The summed E-state index contributed by atoms with van der Waals surface area (Å²) < 4.78 is 84.1. The van der Waals surface area contributed by atoms with Crippen LogP contribution in [-0.2, 0) is 21.9 Å². The van der Waals surface area contributed by atoms with Gasteiger partial charge in [-0.25, -0.2) is 0 Å². The van der Waals surface area contributed by atoms with Crippen molar-refractivity contribution in [2.24, 2.45) is 0 Å². The number of rotatable bonds is 7. The molecule has 9 heteroatoms. The van der Waals surface area contributed by atoms with Crippen molar-refractivity contribution in [3.63, 3.8) is 0 Å². The fraction of sp³-hybridized carbons (Fsp3) is 0.350. The average Bonchev–Trinajstić information content (AvgIpc) is 2.63. The Morgan fingerprint density at radius 3 is 1.55 bits per heavy atom. The molecule has 0 heterocycles. The molecule has 0 N–H and O–H groups in total. The molecule has 0 aliphatic heterocycles. The summed E-state index contributed by atoms with van der Waals surface area (Å²) in [6, 6.07) is 9.82. The molecule has 0 atom stereocenters. The first-order chi connectivity index (χ1) is 13.5. The van der Waals surface area contributed by atoms with E-state index in [0.717, 1.165) is 31.4 Å². The van der Waals surface area contributed by atoms with Crippen LogP contribution in [0.4, 0.5) is 26.3 Å². The van der Waals surface area contributed by atoms with Gasteiger partial charge in [-0.1, -0.05) is 0 Å². The zero-order valence-corrected chi connectivity index (χ0v) is 18.9. The second kappa shape index (κ2) is 9.86. The second-order valence-electron chi connectivity index (χ2n) is 6.63. The van der Waals surface area contributed by atoms with Crippen LogP contribution in [0.3, 0.4) is 0 Å². The molecule has 158 valence electrons. The Kier molecular flexibility index (Phi) is 8.01. The van der Waals surface area contributed by atoms with Crippen molar-refractivity contribution in [2.45, 2.75) is 36.6 Å². The second-order valence-corrected chi connectivity index (χ2v) is 15.2. The number of alkyl halides is 6. The van der Waals surface area contributed by atoms with Crippen molar-refractivity contribution in [3.05, 3.63) is 59.7 Å². The normalized spacial score (nSPS) is 12.3. The van der Waals surface area contributed by atoms with E-state index in [1.807, 2.05) is 0 Å². The van der Waals surface area contributed by atoms with Crippen molar-refractivity contribution in [1.29, 1.82) is 0 Å². The maximum atomic E-state index is 12.8. The summed E-state index contributed by atoms with van der Waals surface area (Å²) in [6.45, 7) is 1.54. The van der Waals surface area contributed by atoms with Gasteiger partial charge in [0.05, 0.1) is 0 Å². The van der Waals surface area contributed by atoms with E-state index in [1.54, 1.807) is 0 Å². The van der Waals surface area contributed by atoms with Crippen LogP contribution in [-0.4, -0.2) is 32.3 Å². The van der Waals surface area contributed by atoms with Crippen molar-refractivity contribution >= 4 is 32.9 Å². The molecule has 0 radical (unpaired) electrons. The first-order valence-corrected chi connectivity index (χ1v) is 14.6. The molecular weight excluding hydrogens is 505 g/mol. The number of unbranched alkanes of at least 4 members (excludes halogenated alkanes) is 1. The van der Waals surface area contributed by atoms with E-state index in [1.165, 1.54) is 31.2 Å². The van der Waals surface area contributed by atoms with Gasteiger partial charge < -0.3 is 0 Å². The summed E-state index contributed by atoms with van der Waals surface area (Å²) in [4.78, 5) is 10.8. The fourth-order valence-corrected chi connectivity index (χ4v) is 11.7. The van der Waals surface area contributed by atoms with Gasteiger partial charge in [0.25, 0.3) is 0 Å². The van der Waals surface area contributed by atoms with Gasteiger partial charge in [-0.3, -0.25) is 0 Å². The first-order valence-electron chi connectivity index (χ1n) is 8.96. The summed E-state index contributed by atoms with van der Waals surface area (Å²) in [5.74, 6) is -0.393. The molecule has 0 saturated heterocycles. The van der Waals surface area contributed by atoms with E-state index in [9.17, 15) is 31.1 Å². The van der Waals surface area contributed by atoms with Gasteiger partial charge in [-0.05, 0) is 0 Å². The van der Waals surface area contributed by atoms with Crippen molar-refractivity contribution in [1.82, 2.24) is 0 Å². The predicted octanol–water partition coefficient (Wildman–Crippen LogP) is 4.41. The average molecular weight is 525 g/mol. The Labute approximate surface area is 171 Å². The number of benzene rings is 2. The minimum atomic E-state index is -4.44. The van der Waals surface area contributed by atoms with Crippen LogP contribution in [0, 0.1) is 0 Å². The number of carbonyl (C=O) groups excluding carboxylic acids is 1. The standard InChI is InChI=1S/2C7H4F3.C6H11O2.Sn.H/c2*8-7(9,10)6-4-2-1-3-5-6;1-3-4-5-8-6(2)7;;/h2*2-5H;1,3-5H2,2H3;;. The maximum absolute atomic E-state index is 12.8. The van der Waals surface area contributed by atoms with Crippen LogP contribution < -0.4 is 7.16 Å². The molecule has 0 unspecified atom stereocenters. The van der Waals surface area contributed by atoms with Crippen LogP contribution in [0.15, 0.2) is 48.5 Å². The van der Waals surface area contributed by atoms with Crippen LogP contribution in [0.5, 0.6) is 0 Å². The van der Waals surface area contributed by atoms with Crippen molar-refractivity contribution < 1.29 is 35.9 Å². The Morgan fingerprint density at radius 1 is 0.793 bits per heavy atom. The summed E-state index contributed by atoms with van der Waals surface area (Å²) in [5, 5.41) is 0. The molecule has 0 fully saturated rings. The van der Waals surface area contributed by atoms with E-state index >= 15 is 0 Å². The summed E-state index contributed by atoms with van der Waals surface area (Å²) in [6.07, 6.45) is -7.62. The molecule has 29 heavy (non-hydrogen) atoms. The number of hydrogen-bond acceptors (Lipinski definition) is 2. The SMILES string of the molecule is CC(=O)OCCC[CH2][SnH]([c]1ccc(C(F)(F)F)cc1)[c]1ccc(C(F)(F)F)cc1. The number of ether oxygens (including phenoxy) is 1. The van der Waals surface area contributed by atoms with E-state index in [4.69, 9.17) is 4.74 Å². The number of esters is 1. The Morgan fingerprint density at radius 2 is 1.21 bits per heavy atom. The molecule has 0 aliphatic rings. The molecule has 2 nitrogen and oxygen atoms in total. The van der Waals surface area contributed by atoms with E-state index < -0.39 is 49.2 Å². The first kappa shape index (κ1) is 23.6. The predicted molar refractivity (Wildman–Crippen MR) is 100.0 cm³/mol. The molecule has 0 aliphatic carbocycles. The zero-order chi connectivity index (χ0) is 21.7. The Bertz CT molecular complexity index is 740. The molecule has 0 saturated carbocycles. The Balaban J connectivity index is 2.22. The van der Waals surface area contributed by atoms with Gasteiger partial charge >= 0.3 is 172 Å². The van der Waals surface area contributed by atoms with Gasteiger partial charge in [-0.2, -0.15) is 0 Å². The topological polar surface area (TPSA) is 26.3 Å². The van der Waals surface area contributed by atoms with Gasteiger partial charge in [0.1, 0.15) is 0 Å². The van der Waals surface area contributed by atoms with Gasteiger partial charge in [0, 0.05) is 0 Å². The molecule has 2 aromatic carbocycles. The number of carbonyl (C=O) groups is 1. The van der Waals surface area contributed by atoms with Gasteiger partial charge in [0.2, 0.25) is 0 Å². The monoisotopic (exact) mass is 526 g/mol. The summed E-state index contributed by atoms with van der Waals surface area (Å²) in [7, 11) is 0. The number of halogens is 6. The zero-order valence-electron chi connectivity index (χ0n) is 15.6. The van der Waals surface area contributed by atoms with E-state index in [0.29, 0.717) is 17.3 Å². The third kappa shape index (κ3) is 7.24. The molecule has 0 aromatic heterocycles. The summed E-state index contributed by atoms with van der Waals surface area (Å²) in [5.41, 5.74) is -1.51. The Hall–Kier alpha value is -1.71. The molecule has 2 aromatic rings. The molecule has 0 spiro atoms. The van der Waals surface area contributed by atoms with E-state index in [2.05, 4.69) is 0 Å². The summed E-state index contributed by atoms with van der Waals surface area (Å²) >= 11 is -2.89. The van der Waals surface area contributed by atoms with Crippen LogP contribution >= 0.6 is 0 Å². The third-order valence-corrected chi connectivity index (χ3v) is 14.1. The van der Waals surface area contributed by atoms with Crippen molar-refractivity contribution in [3.8, 4) is 0 Å². The van der Waals surface area contributed by atoms with Crippen LogP contribution in [0.2, 0.25) is 4.44 Å². The molecule has 0 bridgehead atoms. The van der Waals surface area contributed by atoms with Gasteiger partial charge in [-0.15, -0.1) is 0 Å². The molecular formula is C20H20F6O2Sn.